The fourth-order valence-electron chi connectivity index (χ4n) is 2.06. The Hall–Kier alpha value is -2.33. The van der Waals surface area contributed by atoms with Crippen LogP contribution in [-0.4, -0.2) is 4.98 Å². The maximum atomic E-state index is 5.80. The summed E-state index contributed by atoms with van der Waals surface area (Å²) in [6.07, 6.45) is 0. The SMILES string of the molecule is Cc1cccc(OCc2nc(-c3cccc(N)c3)cs2)c1. The zero-order valence-corrected chi connectivity index (χ0v) is 12.6. The molecular weight excluding hydrogens is 280 g/mol. The Morgan fingerprint density at radius 3 is 2.81 bits per heavy atom. The summed E-state index contributed by atoms with van der Waals surface area (Å²) in [5.41, 5.74) is 9.71. The van der Waals surface area contributed by atoms with Gasteiger partial charge < -0.3 is 10.5 Å². The third-order valence-electron chi connectivity index (χ3n) is 3.09. The summed E-state index contributed by atoms with van der Waals surface area (Å²) in [5, 5.41) is 2.98. The van der Waals surface area contributed by atoms with E-state index in [9.17, 15) is 0 Å². The Bertz CT molecular complexity index is 752. The zero-order valence-electron chi connectivity index (χ0n) is 11.7. The number of nitrogen functional groups attached to an aromatic ring is 1. The van der Waals surface area contributed by atoms with Crippen LogP contribution in [0.15, 0.2) is 53.9 Å². The van der Waals surface area contributed by atoms with Gasteiger partial charge in [0.05, 0.1) is 5.69 Å². The molecule has 0 saturated heterocycles. The van der Waals surface area contributed by atoms with E-state index in [-0.39, 0.29) is 0 Å². The van der Waals surface area contributed by atoms with Gasteiger partial charge in [-0.25, -0.2) is 4.98 Å². The molecule has 3 nitrogen and oxygen atoms in total. The Balaban J connectivity index is 1.71. The second kappa shape index (κ2) is 5.97. The standard InChI is InChI=1S/C17H16N2OS/c1-12-4-2-7-15(8-12)20-10-17-19-16(11-21-17)13-5-3-6-14(18)9-13/h2-9,11H,10,18H2,1H3. The number of anilines is 1. The molecule has 21 heavy (non-hydrogen) atoms. The smallest absolute Gasteiger partial charge is 0.140 e. The summed E-state index contributed by atoms with van der Waals surface area (Å²) in [7, 11) is 0. The molecule has 0 unspecified atom stereocenters. The van der Waals surface area contributed by atoms with Gasteiger partial charge in [0.25, 0.3) is 0 Å². The lowest BCUT2D eigenvalue weighted by molar-refractivity contribution is 0.305. The van der Waals surface area contributed by atoms with Gasteiger partial charge in [-0.15, -0.1) is 11.3 Å². The topological polar surface area (TPSA) is 48.1 Å². The molecule has 2 N–H and O–H groups in total. The second-order valence-electron chi connectivity index (χ2n) is 4.86. The van der Waals surface area contributed by atoms with Gasteiger partial charge in [0.2, 0.25) is 0 Å². The fraction of sp³-hybridized carbons (Fsp3) is 0.118. The number of ether oxygens (including phenoxy) is 1. The largest absolute Gasteiger partial charge is 0.486 e. The zero-order chi connectivity index (χ0) is 14.7. The summed E-state index contributed by atoms with van der Waals surface area (Å²) in [6, 6.07) is 15.8. The van der Waals surface area contributed by atoms with Gasteiger partial charge in [-0.3, -0.25) is 0 Å². The molecule has 0 aliphatic rings. The average Bonchev–Trinajstić information content (AvgIpc) is 2.94. The monoisotopic (exact) mass is 296 g/mol. The molecule has 0 radical (unpaired) electrons. The first-order chi connectivity index (χ1) is 10.2. The molecule has 0 amide bonds. The van der Waals surface area contributed by atoms with Crippen LogP contribution in [0.25, 0.3) is 11.3 Å². The molecule has 1 heterocycles. The Morgan fingerprint density at radius 1 is 1.14 bits per heavy atom. The van der Waals surface area contributed by atoms with E-state index in [1.807, 2.05) is 60.8 Å². The number of benzene rings is 2. The first kappa shape index (κ1) is 13.6. The average molecular weight is 296 g/mol. The van der Waals surface area contributed by atoms with Crippen molar-refractivity contribution in [2.45, 2.75) is 13.5 Å². The van der Waals surface area contributed by atoms with Crippen LogP contribution in [0.4, 0.5) is 5.69 Å². The van der Waals surface area contributed by atoms with Crippen molar-refractivity contribution in [1.29, 1.82) is 0 Å². The van der Waals surface area contributed by atoms with Gasteiger partial charge >= 0.3 is 0 Å². The van der Waals surface area contributed by atoms with Crippen LogP contribution in [0.1, 0.15) is 10.6 Å². The number of hydrogen-bond acceptors (Lipinski definition) is 4. The highest BCUT2D eigenvalue weighted by molar-refractivity contribution is 7.09. The molecule has 2 aromatic carbocycles. The first-order valence-electron chi connectivity index (χ1n) is 6.70. The summed E-state index contributed by atoms with van der Waals surface area (Å²) in [6.45, 7) is 2.53. The number of rotatable bonds is 4. The molecule has 0 aliphatic carbocycles. The predicted molar refractivity (Wildman–Crippen MR) is 87.5 cm³/mol. The molecule has 0 fully saturated rings. The molecule has 0 aliphatic heterocycles. The second-order valence-corrected chi connectivity index (χ2v) is 5.80. The molecule has 0 saturated carbocycles. The minimum atomic E-state index is 0.483. The molecule has 0 bridgehead atoms. The minimum absolute atomic E-state index is 0.483. The summed E-state index contributed by atoms with van der Waals surface area (Å²) < 4.78 is 5.77. The van der Waals surface area contributed by atoms with Crippen molar-refractivity contribution in [3.63, 3.8) is 0 Å². The molecule has 3 rings (SSSR count). The number of aromatic nitrogens is 1. The van der Waals surface area contributed by atoms with E-state index >= 15 is 0 Å². The van der Waals surface area contributed by atoms with Crippen LogP contribution < -0.4 is 10.5 Å². The number of nitrogens with zero attached hydrogens (tertiary/aromatic N) is 1. The van der Waals surface area contributed by atoms with Crippen LogP contribution >= 0.6 is 11.3 Å². The van der Waals surface area contributed by atoms with Gasteiger partial charge in [0.15, 0.2) is 0 Å². The minimum Gasteiger partial charge on any atom is -0.486 e. The Labute approximate surface area is 128 Å². The van der Waals surface area contributed by atoms with Crippen molar-refractivity contribution < 1.29 is 4.74 Å². The lowest BCUT2D eigenvalue weighted by Gasteiger charge is -2.04. The number of hydrogen-bond donors (Lipinski definition) is 1. The lowest BCUT2D eigenvalue weighted by Crippen LogP contribution is -1.95. The number of thiazole rings is 1. The van der Waals surface area contributed by atoms with Crippen molar-refractivity contribution in [2.75, 3.05) is 5.73 Å². The van der Waals surface area contributed by atoms with Crippen molar-refractivity contribution in [3.05, 3.63) is 64.5 Å². The van der Waals surface area contributed by atoms with E-state index < -0.39 is 0 Å². The van der Waals surface area contributed by atoms with E-state index in [1.165, 1.54) is 5.56 Å². The van der Waals surface area contributed by atoms with Crippen LogP contribution in [0.2, 0.25) is 0 Å². The third kappa shape index (κ3) is 3.41. The summed E-state index contributed by atoms with van der Waals surface area (Å²) in [5.74, 6) is 0.871. The van der Waals surface area contributed by atoms with Gasteiger partial charge in [-0.2, -0.15) is 0 Å². The van der Waals surface area contributed by atoms with Crippen LogP contribution in [-0.2, 0) is 6.61 Å². The molecule has 106 valence electrons. The molecule has 3 aromatic rings. The summed E-state index contributed by atoms with van der Waals surface area (Å²) in [4.78, 5) is 4.60. The first-order valence-corrected chi connectivity index (χ1v) is 7.58. The highest BCUT2D eigenvalue weighted by Crippen LogP contribution is 2.24. The van der Waals surface area contributed by atoms with Gasteiger partial charge in [0, 0.05) is 16.6 Å². The van der Waals surface area contributed by atoms with E-state index in [1.54, 1.807) is 11.3 Å². The fourth-order valence-corrected chi connectivity index (χ4v) is 2.77. The Kier molecular flexibility index (Phi) is 3.88. The van der Waals surface area contributed by atoms with Gasteiger partial charge in [0.1, 0.15) is 17.4 Å². The van der Waals surface area contributed by atoms with E-state index in [4.69, 9.17) is 10.5 Å². The lowest BCUT2D eigenvalue weighted by atomic mass is 10.1. The quantitative estimate of drug-likeness (QED) is 0.731. The molecule has 1 aromatic heterocycles. The van der Waals surface area contributed by atoms with Crippen LogP contribution in [0.3, 0.4) is 0 Å². The van der Waals surface area contributed by atoms with Gasteiger partial charge in [-0.05, 0) is 36.8 Å². The van der Waals surface area contributed by atoms with Crippen LogP contribution in [0.5, 0.6) is 5.75 Å². The number of nitrogens with two attached hydrogens (primary N) is 1. The van der Waals surface area contributed by atoms with E-state index in [0.717, 1.165) is 27.7 Å². The maximum Gasteiger partial charge on any atom is 0.140 e. The predicted octanol–water partition coefficient (Wildman–Crippen LogP) is 4.28. The van der Waals surface area contributed by atoms with E-state index in [0.29, 0.717) is 6.61 Å². The maximum absolute atomic E-state index is 5.80. The van der Waals surface area contributed by atoms with Gasteiger partial charge in [-0.1, -0.05) is 24.3 Å². The Morgan fingerprint density at radius 2 is 2.00 bits per heavy atom. The van der Waals surface area contributed by atoms with Crippen molar-refractivity contribution in [3.8, 4) is 17.0 Å². The molecular formula is C17H16N2OS. The third-order valence-corrected chi connectivity index (χ3v) is 3.91. The molecule has 0 spiro atoms. The highest BCUT2D eigenvalue weighted by atomic mass is 32.1. The molecule has 0 atom stereocenters. The van der Waals surface area contributed by atoms with Crippen LogP contribution in [0, 0.1) is 6.92 Å². The van der Waals surface area contributed by atoms with Crippen molar-refractivity contribution >= 4 is 17.0 Å². The molecule has 4 heteroatoms. The number of aryl methyl sites for hydroxylation is 1. The van der Waals surface area contributed by atoms with E-state index in [2.05, 4.69) is 4.98 Å². The summed E-state index contributed by atoms with van der Waals surface area (Å²) >= 11 is 1.60. The van der Waals surface area contributed by atoms with Crippen molar-refractivity contribution in [1.82, 2.24) is 4.98 Å². The normalized spacial score (nSPS) is 10.5. The highest BCUT2D eigenvalue weighted by Gasteiger charge is 2.05. The van der Waals surface area contributed by atoms with Crippen molar-refractivity contribution in [2.24, 2.45) is 0 Å².